The summed E-state index contributed by atoms with van der Waals surface area (Å²) >= 11 is 0. The second-order valence-electron chi connectivity index (χ2n) is 11.1. The van der Waals surface area contributed by atoms with E-state index in [1.807, 2.05) is 73.7 Å². The molecule has 2 aromatic carbocycles. The predicted molar refractivity (Wildman–Crippen MR) is 165 cm³/mol. The van der Waals surface area contributed by atoms with Crippen LogP contribution in [0.4, 0.5) is 0 Å². The Kier molecular flexibility index (Phi) is 11.0. The lowest BCUT2D eigenvalue weighted by molar-refractivity contribution is -0.151. The monoisotopic (exact) mass is 614 g/mol. The largest absolute Gasteiger partial charge is 0.483 e. The number of aliphatic hydroxyl groups excluding tert-OH is 1. The van der Waals surface area contributed by atoms with E-state index >= 15 is 0 Å². The van der Waals surface area contributed by atoms with Crippen molar-refractivity contribution in [3.63, 3.8) is 0 Å². The Labute approximate surface area is 262 Å². The van der Waals surface area contributed by atoms with Gasteiger partial charge in [-0.2, -0.15) is 0 Å². The molecule has 1 N–H and O–H groups in total. The highest BCUT2D eigenvalue weighted by molar-refractivity contribution is 5.85. The fraction of sp³-hybridized carbons (Fsp3) is 0.412. The smallest absolute Gasteiger partial charge is 0.306 e. The molecule has 6 atom stereocenters. The van der Waals surface area contributed by atoms with Crippen LogP contribution in [0.3, 0.4) is 0 Å². The predicted octanol–water partition coefficient (Wildman–Crippen LogP) is 4.12. The lowest BCUT2D eigenvalue weighted by atomic mass is 10.1. The van der Waals surface area contributed by atoms with Crippen LogP contribution in [-0.2, 0) is 23.8 Å². The molecule has 1 fully saturated rings. The topological polar surface area (TPSA) is 127 Å². The standard InChI is InChI=1S/C34H38N4O7/c1-23-9-13-27(14-10-23)43-32-17-16-28(15-12-26-7-5-4-6-8-26)44-33(32)22-42-34(40)18-11-24(2)36-45-25(3)29-19-38(37-35-29)30-20-41-21-31(30)39/h4-10,13-14,16-17,19,25,28,30-33,39H,11,18,20-22H2,1-3H3/t25-,28-,30-,31-,32+,33-/m1/s1. The fourth-order valence-electron chi connectivity index (χ4n) is 4.65. The molecule has 1 aromatic heterocycles. The van der Waals surface area contributed by atoms with Crippen LogP contribution in [0.15, 0.2) is 78.1 Å². The number of aliphatic hydroxyl groups is 1. The average Bonchev–Trinajstić information content (AvgIpc) is 3.72. The number of aryl methyl sites for hydroxylation is 1. The van der Waals surface area contributed by atoms with Crippen molar-refractivity contribution in [2.45, 2.75) is 70.2 Å². The van der Waals surface area contributed by atoms with Gasteiger partial charge in [-0.25, -0.2) is 4.68 Å². The Morgan fingerprint density at radius 3 is 2.69 bits per heavy atom. The molecule has 0 saturated carbocycles. The van der Waals surface area contributed by atoms with Gasteiger partial charge < -0.3 is 28.9 Å². The zero-order valence-corrected chi connectivity index (χ0v) is 25.6. The van der Waals surface area contributed by atoms with E-state index in [0.29, 0.717) is 30.2 Å². The van der Waals surface area contributed by atoms with Crippen LogP contribution in [0, 0.1) is 18.8 Å². The minimum Gasteiger partial charge on any atom is -0.483 e. The third-order valence-corrected chi connectivity index (χ3v) is 7.36. The molecule has 236 valence electrons. The molecule has 3 heterocycles. The number of hydrogen-bond acceptors (Lipinski definition) is 10. The van der Waals surface area contributed by atoms with Gasteiger partial charge in [-0.3, -0.25) is 4.79 Å². The lowest BCUT2D eigenvalue weighted by Crippen LogP contribution is -2.42. The molecule has 45 heavy (non-hydrogen) atoms. The van der Waals surface area contributed by atoms with E-state index in [1.165, 1.54) is 0 Å². The highest BCUT2D eigenvalue weighted by Gasteiger charge is 2.31. The van der Waals surface area contributed by atoms with E-state index in [2.05, 4.69) is 27.3 Å². The fourth-order valence-corrected chi connectivity index (χ4v) is 4.65. The number of hydrogen-bond donors (Lipinski definition) is 1. The van der Waals surface area contributed by atoms with Crippen molar-refractivity contribution in [2.24, 2.45) is 5.16 Å². The Morgan fingerprint density at radius 2 is 1.93 bits per heavy atom. The molecule has 0 radical (unpaired) electrons. The number of benzene rings is 2. The molecular weight excluding hydrogens is 576 g/mol. The van der Waals surface area contributed by atoms with Gasteiger partial charge >= 0.3 is 5.97 Å². The highest BCUT2D eigenvalue weighted by atomic mass is 16.6. The second-order valence-corrected chi connectivity index (χ2v) is 11.1. The number of oxime groups is 1. The minimum atomic E-state index is -0.627. The summed E-state index contributed by atoms with van der Waals surface area (Å²) in [5.74, 6) is 6.55. The number of carbonyl (C=O) groups excluding carboxylic acids is 1. The molecule has 0 amide bonds. The second kappa shape index (κ2) is 15.5. The van der Waals surface area contributed by atoms with Crippen molar-refractivity contribution in [1.82, 2.24) is 15.0 Å². The number of carbonyl (C=O) groups is 1. The number of nitrogens with zero attached hydrogens (tertiary/aromatic N) is 4. The Hall–Kier alpha value is -4.50. The molecule has 1 saturated heterocycles. The molecule has 0 bridgehead atoms. The van der Waals surface area contributed by atoms with Crippen molar-refractivity contribution in [3.8, 4) is 17.6 Å². The number of rotatable bonds is 11. The van der Waals surface area contributed by atoms with E-state index in [4.69, 9.17) is 23.8 Å². The van der Waals surface area contributed by atoms with Crippen molar-refractivity contribution < 1.29 is 33.7 Å². The molecule has 11 nitrogen and oxygen atoms in total. The molecule has 0 unspecified atom stereocenters. The first-order chi connectivity index (χ1) is 21.8. The summed E-state index contributed by atoms with van der Waals surface area (Å²) in [4.78, 5) is 18.3. The molecule has 11 heteroatoms. The van der Waals surface area contributed by atoms with Crippen LogP contribution >= 0.6 is 0 Å². The number of aromatic nitrogens is 3. The van der Waals surface area contributed by atoms with Crippen molar-refractivity contribution in [1.29, 1.82) is 0 Å². The van der Waals surface area contributed by atoms with Gasteiger partial charge in [0.2, 0.25) is 0 Å². The minimum absolute atomic E-state index is 0.00331. The highest BCUT2D eigenvalue weighted by Crippen LogP contribution is 2.23. The molecule has 3 aromatic rings. The van der Waals surface area contributed by atoms with Gasteiger partial charge in [0.1, 0.15) is 48.5 Å². The molecule has 2 aliphatic rings. The van der Waals surface area contributed by atoms with Crippen LogP contribution in [-0.4, -0.2) is 76.0 Å². The molecule has 0 aliphatic carbocycles. The third-order valence-electron chi connectivity index (χ3n) is 7.36. The Balaban J connectivity index is 1.12. The van der Waals surface area contributed by atoms with Crippen molar-refractivity contribution >= 4 is 11.7 Å². The molecule has 2 aliphatic heterocycles. The van der Waals surface area contributed by atoms with Crippen LogP contribution in [0.25, 0.3) is 0 Å². The SMILES string of the molecule is CC(CCC(=O)OC[C@H]1O[C@H](C#Cc2ccccc2)C=C[C@@H]1Oc1ccc(C)cc1)=NO[C@H](C)c1cn([C@@H]2COC[C@H]2O)nn1. The van der Waals surface area contributed by atoms with E-state index in [1.54, 1.807) is 24.7 Å². The zero-order chi connectivity index (χ0) is 31.6. The van der Waals surface area contributed by atoms with E-state index in [9.17, 15) is 9.90 Å². The maximum Gasteiger partial charge on any atom is 0.306 e. The summed E-state index contributed by atoms with van der Waals surface area (Å²) in [6.07, 6.45) is 3.36. The zero-order valence-electron chi connectivity index (χ0n) is 25.6. The third kappa shape index (κ3) is 9.25. The Bertz CT molecular complexity index is 1530. The van der Waals surface area contributed by atoms with E-state index in [-0.39, 0.29) is 25.7 Å². The van der Waals surface area contributed by atoms with Crippen LogP contribution in [0.1, 0.15) is 55.7 Å². The lowest BCUT2D eigenvalue weighted by Gasteiger charge is -2.30. The summed E-state index contributed by atoms with van der Waals surface area (Å²) in [6, 6.07) is 17.1. The summed E-state index contributed by atoms with van der Waals surface area (Å²) in [6.45, 7) is 6.24. The normalized spacial score (nSPS) is 23.6. The maximum atomic E-state index is 12.7. The van der Waals surface area contributed by atoms with Crippen LogP contribution in [0.5, 0.6) is 5.75 Å². The number of ether oxygens (including phenoxy) is 4. The first-order valence-electron chi connectivity index (χ1n) is 15.0. The molecule has 0 spiro atoms. The van der Waals surface area contributed by atoms with E-state index in [0.717, 1.165) is 11.1 Å². The van der Waals surface area contributed by atoms with Gasteiger partial charge in [-0.05, 0) is 63.6 Å². The van der Waals surface area contributed by atoms with Gasteiger partial charge in [-0.1, -0.05) is 58.1 Å². The van der Waals surface area contributed by atoms with Crippen molar-refractivity contribution in [3.05, 3.63) is 89.8 Å². The first kappa shape index (κ1) is 31.9. The van der Waals surface area contributed by atoms with Gasteiger partial charge in [0.25, 0.3) is 0 Å². The van der Waals surface area contributed by atoms with Gasteiger partial charge in [0.05, 0.1) is 31.5 Å². The quantitative estimate of drug-likeness (QED) is 0.112. The summed E-state index contributed by atoms with van der Waals surface area (Å²) in [7, 11) is 0. The summed E-state index contributed by atoms with van der Waals surface area (Å²) in [5.41, 5.74) is 3.21. The molecular formula is C34H38N4O7. The first-order valence-corrected chi connectivity index (χ1v) is 15.0. The van der Waals surface area contributed by atoms with Gasteiger partial charge in [0, 0.05) is 5.56 Å². The van der Waals surface area contributed by atoms with Crippen LogP contribution < -0.4 is 4.74 Å². The average molecular weight is 615 g/mol. The summed E-state index contributed by atoms with van der Waals surface area (Å²) in [5, 5.41) is 22.4. The maximum absolute atomic E-state index is 12.7. The summed E-state index contributed by atoms with van der Waals surface area (Å²) < 4.78 is 24.9. The Morgan fingerprint density at radius 1 is 1.13 bits per heavy atom. The van der Waals surface area contributed by atoms with Crippen LogP contribution in [0.2, 0.25) is 0 Å². The van der Waals surface area contributed by atoms with Gasteiger partial charge in [-0.15, -0.1) is 5.10 Å². The number of esters is 1. The van der Waals surface area contributed by atoms with E-state index < -0.39 is 36.5 Å². The molecule has 5 rings (SSSR count). The van der Waals surface area contributed by atoms with Crippen molar-refractivity contribution in [2.75, 3.05) is 19.8 Å². The van der Waals surface area contributed by atoms with Gasteiger partial charge in [0.15, 0.2) is 6.10 Å².